The van der Waals surface area contributed by atoms with Crippen molar-refractivity contribution >= 4 is 23.0 Å². The fraction of sp³-hybridized carbons (Fsp3) is 0.600. The molecule has 1 aromatic carbocycles. The monoisotopic (exact) mass is 405 g/mol. The third-order valence-electron chi connectivity index (χ3n) is 5.07. The summed E-state index contributed by atoms with van der Waals surface area (Å²) >= 11 is 5.39. The molecule has 0 aromatic heterocycles. The van der Waals surface area contributed by atoms with Crippen molar-refractivity contribution in [2.45, 2.75) is 13.0 Å². The molecule has 1 aromatic rings. The molecular formula is C20H31N5O2S. The fourth-order valence-electron chi connectivity index (χ4n) is 3.58. The van der Waals surface area contributed by atoms with E-state index in [-0.39, 0.29) is 6.04 Å². The number of hydrazone groups is 1. The fourth-order valence-corrected chi connectivity index (χ4v) is 3.73. The maximum Gasteiger partial charge on any atom is 0.187 e. The summed E-state index contributed by atoms with van der Waals surface area (Å²) in [5.41, 5.74) is 5.24. The number of nitrogens with zero attached hydrogens (tertiary/aromatic N) is 3. The van der Waals surface area contributed by atoms with E-state index in [4.69, 9.17) is 21.7 Å². The predicted molar refractivity (Wildman–Crippen MR) is 116 cm³/mol. The van der Waals surface area contributed by atoms with Crippen molar-refractivity contribution in [2.24, 2.45) is 5.10 Å². The summed E-state index contributed by atoms with van der Waals surface area (Å²) in [5, 5.41) is 8.39. The van der Waals surface area contributed by atoms with Gasteiger partial charge in [-0.15, -0.1) is 0 Å². The molecule has 2 aliphatic heterocycles. The van der Waals surface area contributed by atoms with Crippen LogP contribution in [0.25, 0.3) is 0 Å². The molecule has 8 heteroatoms. The number of morpholine rings is 2. The van der Waals surface area contributed by atoms with Gasteiger partial charge in [-0.3, -0.25) is 15.2 Å². The van der Waals surface area contributed by atoms with Gasteiger partial charge < -0.3 is 14.8 Å². The van der Waals surface area contributed by atoms with Crippen molar-refractivity contribution in [1.82, 2.24) is 20.5 Å². The normalized spacial score (nSPS) is 20.5. The molecule has 0 amide bonds. The third kappa shape index (κ3) is 6.49. The van der Waals surface area contributed by atoms with Gasteiger partial charge >= 0.3 is 0 Å². The Bertz CT molecular complexity index is 631. The van der Waals surface area contributed by atoms with Crippen LogP contribution in [-0.2, 0) is 9.47 Å². The minimum absolute atomic E-state index is 0.119. The van der Waals surface area contributed by atoms with E-state index in [1.54, 1.807) is 0 Å². The van der Waals surface area contributed by atoms with Crippen LogP contribution in [0.4, 0.5) is 0 Å². The first-order chi connectivity index (χ1) is 13.7. The SMILES string of the molecule is C/C(=N/NC(=S)NCCN1CCOCC1)[C@H](c1ccccc1)N1CCOCC1. The predicted octanol–water partition coefficient (Wildman–Crippen LogP) is 1.23. The molecule has 2 fully saturated rings. The Balaban J connectivity index is 1.53. The Labute approximate surface area is 173 Å². The molecule has 2 saturated heterocycles. The second-order valence-corrected chi connectivity index (χ2v) is 7.44. The molecule has 0 saturated carbocycles. The van der Waals surface area contributed by atoms with Crippen molar-refractivity contribution in [3.63, 3.8) is 0 Å². The summed E-state index contributed by atoms with van der Waals surface area (Å²) in [4.78, 5) is 4.78. The standard InChI is InChI=1S/C20H31N5O2S/c1-17(22-23-20(28)21-7-8-24-9-13-26-14-10-24)19(18-5-3-2-4-6-18)25-11-15-27-16-12-25/h2-6,19H,7-16H2,1H3,(H2,21,23,28)/b22-17-/t19-/m1/s1. The molecule has 0 aliphatic carbocycles. The summed E-state index contributed by atoms with van der Waals surface area (Å²) in [5.74, 6) is 0. The van der Waals surface area contributed by atoms with Crippen LogP contribution < -0.4 is 10.7 Å². The second-order valence-electron chi connectivity index (χ2n) is 7.04. The topological polar surface area (TPSA) is 61.4 Å². The van der Waals surface area contributed by atoms with Gasteiger partial charge in [-0.2, -0.15) is 5.10 Å². The second kappa shape index (κ2) is 11.4. The highest BCUT2D eigenvalue weighted by molar-refractivity contribution is 7.80. The van der Waals surface area contributed by atoms with Crippen LogP contribution in [0.2, 0.25) is 0 Å². The van der Waals surface area contributed by atoms with Gasteiger partial charge in [0.1, 0.15) is 0 Å². The lowest BCUT2D eigenvalue weighted by Gasteiger charge is -2.34. The Hall–Kier alpha value is -1.58. The van der Waals surface area contributed by atoms with Crippen molar-refractivity contribution in [3.05, 3.63) is 35.9 Å². The highest BCUT2D eigenvalue weighted by atomic mass is 32.1. The number of ether oxygens (including phenoxy) is 2. The van der Waals surface area contributed by atoms with Gasteiger partial charge in [0.2, 0.25) is 0 Å². The van der Waals surface area contributed by atoms with Crippen molar-refractivity contribution in [1.29, 1.82) is 0 Å². The van der Waals surface area contributed by atoms with Crippen LogP contribution in [0.3, 0.4) is 0 Å². The molecule has 3 rings (SSSR count). The highest BCUT2D eigenvalue weighted by Crippen LogP contribution is 2.23. The average Bonchev–Trinajstić information content (AvgIpc) is 2.75. The van der Waals surface area contributed by atoms with Gasteiger partial charge in [-0.05, 0) is 24.7 Å². The molecule has 0 spiro atoms. The zero-order valence-electron chi connectivity index (χ0n) is 16.6. The molecule has 0 bridgehead atoms. The number of hydrogen-bond acceptors (Lipinski definition) is 6. The van der Waals surface area contributed by atoms with E-state index in [0.29, 0.717) is 5.11 Å². The maximum absolute atomic E-state index is 5.52. The van der Waals surface area contributed by atoms with Crippen molar-refractivity contribution in [3.8, 4) is 0 Å². The van der Waals surface area contributed by atoms with Crippen LogP contribution in [0.1, 0.15) is 18.5 Å². The van der Waals surface area contributed by atoms with Crippen LogP contribution >= 0.6 is 12.2 Å². The van der Waals surface area contributed by atoms with Crippen LogP contribution in [-0.4, -0.2) is 86.3 Å². The molecule has 28 heavy (non-hydrogen) atoms. The largest absolute Gasteiger partial charge is 0.379 e. The minimum atomic E-state index is 0.119. The van der Waals surface area contributed by atoms with E-state index in [1.165, 1.54) is 5.56 Å². The number of nitrogens with one attached hydrogen (secondary N) is 2. The zero-order chi connectivity index (χ0) is 19.6. The first-order valence-corrected chi connectivity index (χ1v) is 10.4. The van der Waals surface area contributed by atoms with Crippen LogP contribution in [0.5, 0.6) is 0 Å². The molecule has 0 unspecified atom stereocenters. The number of hydrogen-bond donors (Lipinski definition) is 2. The Morgan fingerprint density at radius 3 is 2.39 bits per heavy atom. The van der Waals surface area contributed by atoms with Gasteiger partial charge in [-0.1, -0.05) is 30.3 Å². The van der Waals surface area contributed by atoms with Gasteiger partial charge in [0.15, 0.2) is 5.11 Å². The number of benzene rings is 1. The summed E-state index contributed by atoms with van der Waals surface area (Å²) in [6.07, 6.45) is 0. The van der Waals surface area contributed by atoms with Gasteiger partial charge in [0, 0.05) is 39.3 Å². The van der Waals surface area contributed by atoms with E-state index >= 15 is 0 Å². The van der Waals surface area contributed by atoms with E-state index in [1.807, 2.05) is 6.07 Å². The Morgan fingerprint density at radius 2 is 1.71 bits per heavy atom. The average molecular weight is 406 g/mol. The third-order valence-corrected chi connectivity index (χ3v) is 5.31. The zero-order valence-corrected chi connectivity index (χ0v) is 17.4. The smallest absolute Gasteiger partial charge is 0.187 e. The highest BCUT2D eigenvalue weighted by Gasteiger charge is 2.25. The van der Waals surface area contributed by atoms with Gasteiger partial charge in [0.05, 0.1) is 38.2 Å². The lowest BCUT2D eigenvalue weighted by Crippen LogP contribution is -2.44. The molecule has 0 radical (unpaired) electrons. The van der Waals surface area contributed by atoms with E-state index < -0.39 is 0 Å². The Kier molecular flexibility index (Phi) is 8.63. The summed E-state index contributed by atoms with van der Waals surface area (Å²) in [6, 6.07) is 10.6. The summed E-state index contributed by atoms with van der Waals surface area (Å²) in [6.45, 7) is 10.7. The molecule has 2 aliphatic rings. The van der Waals surface area contributed by atoms with Crippen molar-refractivity contribution in [2.75, 3.05) is 65.7 Å². The minimum Gasteiger partial charge on any atom is -0.379 e. The number of thiocarbonyl (C=S) groups is 1. The first kappa shape index (κ1) is 21.1. The quantitative estimate of drug-likeness (QED) is 0.402. The number of rotatable bonds is 7. The van der Waals surface area contributed by atoms with Gasteiger partial charge in [-0.25, -0.2) is 0 Å². The van der Waals surface area contributed by atoms with Crippen LogP contribution in [0.15, 0.2) is 35.4 Å². The maximum atomic E-state index is 5.52. The van der Waals surface area contributed by atoms with Crippen molar-refractivity contribution < 1.29 is 9.47 Å². The molecule has 2 heterocycles. The van der Waals surface area contributed by atoms with E-state index in [0.717, 1.165) is 71.4 Å². The summed E-state index contributed by atoms with van der Waals surface area (Å²) in [7, 11) is 0. The molecule has 154 valence electrons. The first-order valence-electron chi connectivity index (χ1n) is 9.99. The van der Waals surface area contributed by atoms with E-state index in [2.05, 4.69) is 56.8 Å². The van der Waals surface area contributed by atoms with E-state index in [9.17, 15) is 0 Å². The molecule has 7 nitrogen and oxygen atoms in total. The van der Waals surface area contributed by atoms with Crippen LogP contribution in [0, 0.1) is 0 Å². The molecule has 1 atom stereocenters. The molecular weight excluding hydrogens is 374 g/mol. The molecule has 2 N–H and O–H groups in total. The summed E-state index contributed by atoms with van der Waals surface area (Å²) < 4.78 is 10.9. The lowest BCUT2D eigenvalue weighted by molar-refractivity contribution is 0.0285. The van der Waals surface area contributed by atoms with Gasteiger partial charge in [0.25, 0.3) is 0 Å². The lowest BCUT2D eigenvalue weighted by atomic mass is 10.0. The Morgan fingerprint density at radius 1 is 1.07 bits per heavy atom.